The molecule has 1 aliphatic rings. The standard InChI is InChI=1S/C14H16N4OS/c1-11-8-15-9-12(17-11)2-3-13-10-16-14(20-13)18-4-6-19-7-5-18/h2-3,8-10H,4-7H2,1H3. The van der Waals surface area contributed by atoms with Crippen LogP contribution in [0.4, 0.5) is 5.13 Å². The summed E-state index contributed by atoms with van der Waals surface area (Å²) in [6.45, 7) is 5.33. The van der Waals surface area contributed by atoms with E-state index in [4.69, 9.17) is 4.74 Å². The largest absolute Gasteiger partial charge is 0.378 e. The third-order valence-electron chi connectivity index (χ3n) is 2.98. The second-order valence-corrected chi connectivity index (χ2v) is 5.60. The molecule has 0 saturated carbocycles. The molecule has 0 aliphatic carbocycles. The Morgan fingerprint density at radius 3 is 2.85 bits per heavy atom. The van der Waals surface area contributed by atoms with Gasteiger partial charge in [-0.25, -0.2) is 4.98 Å². The van der Waals surface area contributed by atoms with Crippen molar-refractivity contribution in [2.45, 2.75) is 6.92 Å². The maximum atomic E-state index is 5.35. The van der Waals surface area contributed by atoms with Crippen LogP contribution in [0, 0.1) is 6.92 Å². The average Bonchev–Trinajstić information content (AvgIpc) is 2.95. The van der Waals surface area contributed by atoms with Gasteiger partial charge in [0.1, 0.15) is 0 Å². The van der Waals surface area contributed by atoms with Crippen LogP contribution in [-0.4, -0.2) is 41.3 Å². The second-order valence-electron chi connectivity index (χ2n) is 4.56. The lowest BCUT2D eigenvalue weighted by molar-refractivity contribution is 0.122. The van der Waals surface area contributed by atoms with Crippen molar-refractivity contribution in [3.63, 3.8) is 0 Å². The Hall–Kier alpha value is -1.79. The van der Waals surface area contributed by atoms with Crippen LogP contribution in [0.2, 0.25) is 0 Å². The highest BCUT2D eigenvalue weighted by molar-refractivity contribution is 7.16. The number of anilines is 1. The van der Waals surface area contributed by atoms with E-state index in [0.29, 0.717) is 0 Å². The first-order chi connectivity index (χ1) is 9.81. The fourth-order valence-electron chi connectivity index (χ4n) is 1.99. The molecule has 3 heterocycles. The highest BCUT2D eigenvalue weighted by Crippen LogP contribution is 2.24. The summed E-state index contributed by atoms with van der Waals surface area (Å²) >= 11 is 1.69. The molecule has 0 atom stereocenters. The van der Waals surface area contributed by atoms with E-state index in [2.05, 4.69) is 19.9 Å². The summed E-state index contributed by atoms with van der Waals surface area (Å²) in [6.07, 6.45) is 9.41. The fourth-order valence-corrected chi connectivity index (χ4v) is 2.85. The zero-order valence-corrected chi connectivity index (χ0v) is 12.1. The molecular weight excluding hydrogens is 272 g/mol. The van der Waals surface area contributed by atoms with E-state index < -0.39 is 0 Å². The third kappa shape index (κ3) is 3.20. The summed E-state index contributed by atoms with van der Waals surface area (Å²) in [5, 5.41) is 1.06. The lowest BCUT2D eigenvalue weighted by Gasteiger charge is -2.25. The van der Waals surface area contributed by atoms with Gasteiger partial charge in [0.25, 0.3) is 0 Å². The molecule has 2 aromatic rings. The van der Waals surface area contributed by atoms with Crippen molar-refractivity contribution in [3.05, 3.63) is 34.9 Å². The van der Waals surface area contributed by atoms with Crippen molar-refractivity contribution in [2.24, 2.45) is 0 Å². The van der Waals surface area contributed by atoms with Crippen LogP contribution in [0.1, 0.15) is 16.3 Å². The minimum absolute atomic E-state index is 0.781. The second kappa shape index (κ2) is 6.11. The minimum Gasteiger partial charge on any atom is -0.378 e. The Morgan fingerprint density at radius 2 is 2.05 bits per heavy atom. The molecule has 0 N–H and O–H groups in total. The molecule has 1 fully saturated rings. The van der Waals surface area contributed by atoms with E-state index in [9.17, 15) is 0 Å². The number of nitrogens with zero attached hydrogens (tertiary/aromatic N) is 4. The van der Waals surface area contributed by atoms with E-state index >= 15 is 0 Å². The summed E-state index contributed by atoms with van der Waals surface area (Å²) in [6, 6.07) is 0. The van der Waals surface area contributed by atoms with E-state index in [1.165, 1.54) is 0 Å². The van der Waals surface area contributed by atoms with Crippen molar-refractivity contribution in [3.8, 4) is 0 Å². The van der Waals surface area contributed by atoms with Crippen LogP contribution in [0.3, 0.4) is 0 Å². The zero-order chi connectivity index (χ0) is 13.8. The molecule has 0 spiro atoms. The van der Waals surface area contributed by atoms with Gasteiger partial charge in [0, 0.05) is 30.4 Å². The number of ether oxygens (including phenoxy) is 1. The number of aryl methyl sites for hydroxylation is 1. The number of thiazole rings is 1. The van der Waals surface area contributed by atoms with Gasteiger partial charge in [0.05, 0.1) is 30.8 Å². The molecule has 1 saturated heterocycles. The van der Waals surface area contributed by atoms with Crippen molar-refractivity contribution in [1.29, 1.82) is 0 Å². The molecule has 3 rings (SSSR count). The van der Waals surface area contributed by atoms with Crippen molar-refractivity contribution in [2.75, 3.05) is 31.2 Å². The van der Waals surface area contributed by atoms with Crippen molar-refractivity contribution in [1.82, 2.24) is 15.0 Å². The van der Waals surface area contributed by atoms with Gasteiger partial charge in [-0.3, -0.25) is 9.97 Å². The summed E-state index contributed by atoms with van der Waals surface area (Å²) in [7, 11) is 0. The predicted octanol–water partition coefficient (Wildman–Crippen LogP) is 2.25. The molecule has 5 nitrogen and oxygen atoms in total. The molecule has 1 aliphatic heterocycles. The number of morpholine rings is 1. The van der Waals surface area contributed by atoms with Gasteiger partial charge in [-0.2, -0.15) is 0 Å². The molecule has 2 aromatic heterocycles. The molecule has 0 unspecified atom stereocenters. The first-order valence-electron chi connectivity index (χ1n) is 6.56. The predicted molar refractivity (Wildman–Crippen MR) is 80.8 cm³/mol. The van der Waals surface area contributed by atoms with Gasteiger partial charge in [0.2, 0.25) is 0 Å². The Labute approximate surface area is 122 Å². The van der Waals surface area contributed by atoms with Gasteiger partial charge in [-0.05, 0) is 19.1 Å². The van der Waals surface area contributed by atoms with Gasteiger partial charge >= 0.3 is 0 Å². The molecule has 0 amide bonds. The molecule has 6 heteroatoms. The highest BCUT2D eigenvalue weighted by Gasteiger charge is 2.13. The summed E-state index contributed by atoms with van der Waals surface area (Å²) in [5.41, 5.74) is 1.79. The molecule has 0 bridgehead atoms. The third-order valence-corrected chi connectivity index (χ3v) is 4.01. The Balaban J connectivity index is 1.70. The number of aromatic nitrogens is 3. The lowest BCUT2D eigenvalue weighted by atomic mass is 10.3. The van der Waals surface area contributed by atoms with Crippen LogP contribution in [0.15, 0.2) is 18.6 Å². The summed E-state index contributed by atoms with van der Waals surface area (Å²) in [5.74, 6) is 0. The highest BCUT2D eigenvalue weighted by atomic mass is 32.1. The molecule has 20 heavy (non-hydrogen) atoms. The normalized spacial score (nSPS) is 15.9. The van der Waals surface area contributed by atoms with Gasteiger partial charge in [0.15, 0.2) is 5.13 Å². The fraction of sp³-hybridized carbons (Fsp3) is 0.357. The topological polar surface area (TPSA) is 51.1 Å². The zero-order valence-electron chi connectivity index (χ0n) is 11.3. The summed E-state index contributed by atoms with van der Waals surface area (Å²) < 4.78 is 5.35. The molecular formula is C14H16N4OS. The molecule has 0 radical (unpaired) electrons. The van der Waals surface area contributed by atoms with Crippen LogP contribution in [-0.2, 0) is 4.74 Å². The monoisotopic (exact) mass is 288 g/mol. The Kier molecular flexibility index (Phi) is 4.03. The smallest absolute Gasteiger partial charge is 0.185 e. The van der Waals surface area contributed by atoms with Gasteiger partial charge < -0.3 is 9.64 Å². The first kappa shape index (κ1) is 13.2. The van der Waals surface area contributed by atoms with Gasteiger partial charge in [-0.15, -0.1) is 0 Å². The van der Waals surface area contributed by atoms with Crippen LogP contribution >= 0.6 is 11.3 Å². The van der Waals surface area contributed by atoms with Crippen molar-refractivity contribution >= 4 is 28.6 Å². The van der Waals surface area contributed by atoms with E-state index in [1.54, 1.807) is 23.7 Å². The first-order valence-corrected chi connectivity index (χ1v) is 7.38. The molecule has 0 aromatic carbocycles. The number of hydrogen-bond donors (Lipinski definition) is 0. The van der Waals surface area contributed by atoms with E-state index in [-0.39, 0.29) is 0 Å². The van der Waals surface area contributed by atoms with Gasteiger partial charge in [-0.1, -0.05) is 11.3 Å². The van der Waals surface area contributed by atoms with Crippen LogP contribution in [0.25, 0.3) is 12.2 Å². The summed E-state index contributed by atoms with van der Waals surface area (Å²) in [4.78, 5) is 16.4. The minimum atomic E-state index is 0.781. The Bertz CT molecular complexity index is 605. The van der Waals surface area contributed by atoms with Crippen LogP contribution in [0.5, 0.6) is 0 Å². The number of rotatable bonds is 3. The van der Waals surface area contributed by atoms with E-state index in [0.717, 1.165) is 47.7 Å². The quantitative estimate of drug-likeness (QED) is 0.867. The van der Waals surface area contributed by atoms with Crippen LogP contribution < -0.4 is 4.90 Å². The average molecular weight is 288 g/mol. The Morgan fingerprint density at radius 1 is 1.20 bits per heavy atom. The maximum absolute atomic E-state index is 5.35. The van der Waals surface area contributed by atoms with E-state index in [1.807, 2.05) is 25.3 Å². The number of hydrogen-bond acceptors (Lipinski definition) is 6. The maximum Gasteiger partial charge on any atom is 0.185 e. The lowest BCUT2D eigenvalue weighted by Crippen LogP contribution is -2.36. The molecule has 104 valence electrons. The van der Waals surface area contributed by atoms with Crippen molar-refractivity contribution < 1.29 is 4.74 Å². The SMILES string of the molecule is Cc1cncc(C=Cc2cnc(N3CCOCC3)s2)n1.